The number of nitrogens with zero attached hydrogens (tertiary/aromatic N) is 1. The van der Waals surface area contributed by atoms with E-state index in [0.29, 0.717) is 17.4 Å². The van der Waals surface area contributed by atoms with Gasteiger partial charge in [-0.3, -0.25) is 9.36 Å². The lowest BCUT2D eigenvalue weighted by atomic mass is 10.0. The van der Waals surface area contributed by atoms with Gasteiger partial charge in [0.1, 0.15) is 13.2 Å². The van der Waals surface area contributed by atoms with Crippen molar-refractivity contribution in [2.24, 2.45) is 0 Å². The number of aliphatic hydroxyl groups is 1. The summed E-state index contributed by atoms with van der Waals surface area (Å²) in [6.45, 7) is 4.59. The molecule has 0 rings (SSSR count). The number of hydrogen-bond acceptors (Lipinski definition) is 6. The molecule has 544 valence electrons. The van der Waals surface area contributed by atoms with Crippen molar-refractivity contribution < 1.29 is 32.9 Å². The van der Waals surface area contributed by atoms with E-state index < -0.39 is 20.0 Å². The number of carbonyl (C=O) groups is 1. The van der Waals surface area contributed by atoms with E-state index in [1.807, 2.05) is 27.2 Å². The maximum absolute atomic E-state index is 13.1. The van der Waals surface area contributed by atoms with Crippen molar-refractivity contribution in [2.75, 3.05) is 40.9 Å². The zero-order valence-corrected chi connectivity index (χ0v) is 63.4. The van der Waals surface area contributed by atoms with Gasteiger partial charge >= 0.3 is 0 Å². The molecule has 3 atom stereocenters. The van der Waals surface area contributed by atoms with E-state index in [9.17, 15) is 19.4 Å². The SMILES string of the molecule is CC/C=C\C/C=C\C/C=C\C/C=C\C/C=C\C/C=C\CCCCCCCCCCCCCCCCCCCCCCC(=O)NC(COP(=O)([O-])OCC[N+](C)(C)C)C(O)/C=C/CCCCCCCCCCCCCCCCCCCCCCCCCCCCCCCC. The van der Waals surface area contributed by atoms with Crippen LogP contribution in [0.15, 0.2) is 85.1 Å². The second-order valence-electron chi connectivity index (χ2n) is 28.7. The van der Waals surface area contributed by atoms with Crippen molar-refractivity contribution in [1.29, 1.82) is 0 Å². The molecule has 0 aliphatic heterocycles. The molecule has 0 bridgehead atoms. The molecule has 0 spiro atoms. The number of phosphoric ester groups is 1. The summed E-state index contributed by atoms with van der Waals surface area (Å²) in [6, 6.07) is -0.891. The monoisotopic (exact) mass is 1320 g/mol. The zero-order chi connectivity index (χ0) is 67.6. The van der Waals surface area contributed by atoms with Crippen LogP contribution in [0.5, 0.6) is 0 Å². The molecule has 0 aromatic carbocycles. The maximum atomic E-state index is 13.1. The molecule has 0 fully saturated rings. The Bertz CT molecular complexity index is 1800. The van der Waals surface area contributed by atoms with Crippen LogP contribution in [-0.4, -0.2) is 68.5 Å². The Labute approximate surface area is 579 Å². The minimum absolute atomic E-state index is 0.000938. The van der Waals surface area contributed by atoms with Crippen LogP contribution in [0.1, 0.15) is 393 Å². The van der Waals surface area contributed by atoms with E-state index >= 15 is 0 Å². The largest absolute Gasteiger partial charge is 0.756 e. The van der Waals surface area contributed by atoms with Crippen LogP contribution in [-0.2, 0) is 18.4 Å². The van der Waals surface area contributed by atoms with Crippen molar-refractivity contribution in [3.8, 4) is 0 Å². The van der Waals surface area contributed by atoms with Gasteiger partial charge in [0.15, 0.2) is 0 Å². The molecule has 0 radical (unpaired) electrons. The van der Waals surface area contributed by atoms with Crippen LogP contribution >= 0.6 is 7.82 Å². The summed E-state index contributed by atoms with van der Waals surface area (Å²) >= 11 is 0. The van der Waals surface area contributed by atoms with Gasteiger partial charge < -0.3 is 28.8 Å². The van der Waals surface area contributed by atoms with E-state index in [-0.39, 0.29) is 19.1 Å². The highest BCUT2D eigenvalue weighted by atomic mass is 31.2. The number of hydrogen-bond donors (Lipinski definition) is 2. The molecule has 3 unspecified atom stereocenters. The third-order valence-corrected chi connectivity index (χ3v) is 19.3. The van der Waals surface area contributed by atoms with Crippen LogP contribution in [0.4, 0.5) is 0 Å². The second-order valence-corrected chi connectivity index (χ2v) is 30.2. The number of quaternary nitrogens is 1. The lowest BCUT2D eigenvalue weighted by molar-refractivity contribution is -0.870. The molecule has 2 N–H and O–H groups in total. The van der Waals surface area contributed by atoms with Gasteiger partial charge in [0.05, 0.1) is 39.9 Å². The van der Waals surface area contributed by atoms with E-state index in [1.165, 1.54) is 295 Å². The first-order valence-corrected chi connectivity index (χ1v) is 41.9. The van der Waals surface area contributed by atoms with E-state index in [4.69, 9.17) is 9.05 Å². The molecule has 0 aromatic heterocycles. The van der Waals surface area contributed by atoms with Gasteiger partial charge in [-0.15, -0.1) is 0 Å². The fraction of sp³-hybridized carbons (Fsp3) is 0.821. The standard InChI is InChI=1S/C84H157N2O6P/c1-6-8-10-12-14-16-18-20-22-24-26-28-30-32-34-36-38-40-41-42-43-44-45-46-48-50-52-54-56-58-60-62-64-66-68-70-72-74-76-78-84(88)85-82(81-92-93(89,90)91-80-79-86(3,4)5)83(87)77-75-73-71-69-67-65-63-61-59-57-55-53-51-49-47-39-37-35-33-31-29-27-25-23-21-19-17-15-13-11-9-7-2/h8,10,14,16,20,22,26,28,32,34,38,40,75,77,82-83,87H,6-7,9,11-13,15,17-19,21,23-25,27,29-31,33,35-37,39,41-74,76,78-81H2,1-5H3,(H-,85,88,89,90)/b10-8-,16-14-,22-20-,28-26-,34-32-,40-38-,77-75+. The second kappa shape index (κ2) is 73.9. The summed E-state index contributed by atoms with van der Waals surface area (Å²) in [5.74, 6) is -0.191. The van der Waals surface area contributed by atoms with E-state index in [2.05, 4.69) is 92.1 Å². The van der Waals surface area contributed by atoms with Crippen molar-refractivity contribution in [3.63, 3.8) is 0 Å². The highest BCUT2D eigenvalue weighted by Gasteiger charge is 2.23. The van der Waals surface area contributed by atoms with Crippen LogP contribution in [0.2, 0.25) is 0 Å². The molecule has 9 heteroatoms. The van der Waals surface area contributed by atoms with Crippen molar-refractivity contribution in [1.82, 2.24) is 5.32 Å². The van der Waals surface area contributed by atoms with Gasteiger partial charge in [-0.25, -0.2) is 0 Å². The van der Waals surface area contributed by atoms with E-state index in [0.717, 1.165) is 77.0 Å². The normalized spacial score (nSPS) is 13.9. The predicted molar refractivity (Wildman–Crippen MR) is 408 cm³/mol. The number of unbranched alkanes of at least 4 members (excludes halogenated alkanes) is 50. The number of carbonyl (C=O) groups excluding carboxylic acids is 1. The molecule has 1 amide bonds. The number of phosphoric acid groups is 1. The van der Waals surface area contributed by atoms with Crippen LogP contribution in [0, 0.1) is 0 Å². The first-order valence-electron chi connectivity index (χ1n) is 40.4. The molecule has 0 aliphatic carbocycles. The Morgan fingerprint density at radius 3 is 0.957 bits per heavy atom. The zero-order valence-electron chi connectivity index (χ0n) is 62.5. The molecule has 0 saturated carbocycles. The Morgan fingerprint density at radius 1 is 0.387 bits per heavy atom. The average Bonchev–Trinajstić information content (AvgIpc) is 1.94. The summed E-state index contributed by atoms with van der Waals surface area (Å²) in [7, 11) is 1.27. The number of likely N-dealkylation sites (N-methyl/N-ethyl adjacent to an activating group) is 1. The molecule has 93 heavy (non-hydrogen) atoms. The van der Waals surface area contributed by atoms with E-state index in [1.54, 1.807) is 6.08 Å². The van der Waals surface area contributed by atoms with Crippen LogP contribution in [0.25, 0.3) is 0 Å². The third-order valence-electron chi connectivity index (χ3n) is 18.4. The molecule has 0 aromatic rings. The van der Waals surface area contributed by atoms with Gasteiger partial charge in [0.25, 0.3) is 7.82 Å². The van der Waals surface area contributed by atoms with Crippen molar-refractivity contribution in [2.45, 2.75) is 405 Å². The van der Waals surface area contributed by atoms with Crippen molar-refractivity contribution >= 4 is 13.7 Å². The number of amides is 1. The Balaban J connectivity index is 3.96. The number of nitrogens with one attached hydrogen (secondary N) is 1. The number of rotatable bonds is 75. The third kappa shape index (κ3) is 76.9. The maximum Gasteiger partial charge on any atom is 0.268 e. The number of aliphatic hydroxyl groups excluding tert-OH is 1. The molecule has 0 aliphatic rings. The van der Waals surface area contributed by atoms with Crippen LogP contribution in [0.3, 0.4) is 0 Å². The summed E-state index contributed by atoms with van der Waals surface area (Å²) in [5.41, 5.74) is 0. The average molecular weight is 1320 g/mol. The Kier molecular flexibility index (Phi) is 72.1. The summed E-state index contributed by atoms with van der Waals surface area (Å²) in [4.78, 5) is 25.7. The van der Waals surface area contributed by atoms with Gasteiger partial charge in [-0.1, -0.05) is 401 Å². The molecular formula is C84H157N2O6P. The minimum atomic E-state index is -4.61. The smallest absolute Gasteiger partial charge is 0.268 e. The first-order chi connectivity index (χ1) is 45.5. The van der Waals surface area contributed by atoms with Gasteiger partial charge in [0.2, 0.25) is 5.91 Å². The fourth-order valence-corrected chi connectivity index (χ4v) is 12.9. The first kappa shape index (κ1) is 90.7. The van der Waals surface area contributed by atoms with Crippen LogP contribution < -0.4 is 10.2 Å². The number of allylic oxidation sites excluding steroid dienone is 13. The minimum Gasteiger partial charge on any atom is -0.756 e. The van der Waals surface area contributed by atoms with Gasteiger partial charge in [-0.05, 0) is 70.6 Å². The molecule has 0 saturated heterocycles. The lowest BCUT2D eigenvalue weighted by Gasteiger charge is -2.29. The Hall–Kier alpha value is -2.32. The quantitative estimate of drug-likeness (QED) is 0.0272. The molecular weight excluding hydrogens is 1160 g/mol. The topological polar surface area (TPSA) is 108 Å². The fourth-order valence-electron chi connectivity index (χ4n) is 12.2. The highest BCUT2D eigenvalue weighted by Crippen LogP contribution is 2.38. The summed E-state index contributed by atoms with van der Waals surface area (Å²) < 4.78 is 23.5. The van der Waals surface area contributed by atoms with Gasteiger partial charge in [-0.2, -0.15) is 0 Å². The van der Waals surface area contributed by atoms with Gasteiger partial charge in [0, 0.05) is 6.42 Å². The molecule has 8 nitrogen and oxygen atoms in total. The van der Waals surface area contributed by atoms with Crippen molar-refractivity contribution in [3.05, 3.63) is 85.1 Å². The molecule has 0 heterocycles. The highest BCUT2D eigenvalue weighted by molar-refractivity contribution is 7.45. The predicted octanol–water partition coefficient (Wildman–Crippen LogP) is 26.0. The lowest BCUT2D eigenvalue weighted by Crippen LogP contribution is -2.45. The summed E-state index contributed by atoms with van der Waals surface area (Å²) in [6.07, 6.45) is 106. The summed E-state index contributed by atoms with van der Waals surface area (Å²) in [5, 5.41) is 14.0. The Morgan fingerprint density at radius 2 is 0.656 bits per heavy atom.